The number of aromatic amines is 1. The number of aromatic nitrogens is 4. The Kier molecular flexibility index (Phi) is 3.43. The van der Waals surface area contributed by atoms with E-state index in [-0.39, 0.29) is 17.1 Å². The van der Waals surface area contributed by atoms with Crippen molar-refractivity contribution in [2.24, 2.45) is 5.11 Å². The number of hydrogen-bond donors (Lipinski definition) is 5. The second kappa shape index (κ2) is 5.19. The molecule has 0 unspecified atom stereocenters. The third-order valence-electron chi connectivity index (χ3n) is 3.57. The molecule has 0 amide bonds. The van der Waals surface area contributed by atoms with Crippen LogP contribution in [0.3, 0.4) is 0 Å². The zero-order valence-corrected chi connectivity index (χ0v) is 11.4. The predicted octanol–water partition coefficient (Wildman–Crippen LogP) is -2.05. The fourth-order valence-electron chi connectivity index (χ4n) is 2.48. The molecule has 0 radical (unpaired) electrons. The average molecular weight is 324 g/mol. The highest BCUT2D eigenvalue weighted by Crippen LogP contribution is 2.38. The Morgan fingerprint density at radius 2 is 2.35 bits per heavy atom. The number of aliphatic hydroxyl groups excluding tert-OH is 3. The zero-order chi connectivity index (χ0) is 16.8. The Balaban J connectivity index is 2.13. The van der Waals surface area contributed by atoms with Crippen LogP contribution in [0.1, 0.15) is 6.23 Å². The Labute approximate surface area is 126 Å². The van der Waals surface area contributed by atoms with E-state index in [0.29, 0.717) is 0 Å². The van der Waals surface area contributed by atoms with Crippen molar-refractivity contribution in [3.05, 3.63) is 27.1 Å². The molecule has 13 heteroatoms. The summed E-state index contributed by atoms with van der Waals surface area (Å²) in [4.78, 5) is 24.5. The summed E-state index contributed by atoms with van der Waals surface area (Å²) in [6.07, 6.45) is -3.50. The first-order valence-electron chi connectivity index (χ1n) is 6.37. The molecule has 2 aromatic rings. The van der Waals surface area contributed by atoms with Crippen LogP contribution in [0, 0.1) is 0 Å². The maximum Gasteiger partial charge on any atom is 0.278 e. The van der Waals surface area contributed by atoms with Crippen LogP contribution in [0.5, 0.6) is 0 Å². The second-order valence-electron chi connectivity index (χ2n) is 4.91. The number of H-pyrrole nitrogens is 1. The van der Waals surface area contributed by atoms with Crippen molar-refractivity contribution < 1.29 is 20.1 Å². The van der Waals surface area contributed by atoms with E-state index in [4.69, 9.17) is 16.0 Å². The number of hydrogen-bond acceptors (Lipinski definition) is 9. The van der Waals surface area contributed by atoms with Gasteiger partial charge in [0.1, 0.15) is 18.5 Å². The lowest BCUT2D eigenvalue weighted by molar-refractivity contribution is -0.123. The first kappa shape index (κ1) is 15.2. The number of nitrogens with zero attached hydrogens (tertiary/aromatic N) is 6. The van der Waals surface area contributed by atoms with E-state index in [1.54, 1.807) is 0 Å². The van der Waals surface area contributed by atoms with E-state index in [1.165, 1.54) is 0 Å². The fourth-order valence-corrected chi connectivity index (χ4v) is 2.48. The Morgan fingerprint density at radius 3 is 3.00 bits per heavy atom. The predicted molar refractivity (Wildman–Crippen MR) is 73.7 cm³/mol. The van der Waals surface area contributed by atoms with Gasteiger partial charge in [0.15, 0.2) is 17.4 Å². The van der Waals surface area contributed by atoms with Crippen LogP contribution >= 0.6 is 0 Å². The molecule has 122 valence electrons. The lowest BCUT2D eigenvalue weighted by Crippen LogP contribution is -2.44. The minimum absolute atomic E-state index is 0.00169. The van der Waals surface area contributed by atoms with Crippen molar-refractivity contribution in [3.8, 4) is 0 Å². The first-order chi connectivity index (χ1) is 10.9. The van der Waals surface area contributed by atoms with Gasteiger partial charge in [-0.2, -0.15) is 4.98 Å². The van der Waals surface area contributed by atoms with Gasteiger partial charge in [-0.3, -0.25) is 14.3 Å². The van der Waals surface area contributed by atoms with Gasteiger partial charge in [-0.1, -0.05) is 5.11 Å². The molecule has 0 aliphatic carbocycles. The number of rotatable bonds is 3. The molecule has 0 spiro atoms. The van der Waals surface area contributed by atoms with E-state index in [1.807, 2.05) is 0 Å². The SMILES string of the molecule is [N-]=[N+]=N[C@]1(CO)O[C@@H](n2cnc3nc(N)[nH]c(=O)c32)[C@H](O)[C@@H]1O. The minimum atomic E-state index is -2.08. The van der Waals surface area contributed by atoms with Crippen molar-refractivity contribution in [2.45, 2.75) is 24.2 Å². The standard InChI is InChI=1S/C10H12N8O5/c11-9-14-6-3(7(22)15-9)18(2-13-6)8-4(20)5(21)10(1-19,23-8)16-17-12/h2,4-5,8,19-21H,1H2,(H3,11,14,15,22)/t4-,5+,8-,10-/m1/s1. The van der Waals surface area contributed by atoms with Crippen molar-refractivity contribution in [2.75, 3.05) is 12.3 Å². The maximum atomic E-state index is 12.0. The number of aliphatic hydroxyl groups is 3. The van der Waals surface area contributed by atoms with E-state index in [9.17, 15) is 20.1 Å². The number of azide groups is 1. The van der Waals surface area contributed by atoms with Crippen LogP contribution in [0.4, 0.5) is 5.95 Å². The summed E-state index contributed by atoms with van der Waals surface area (Å²) in [6.45, 7) is -0.875. The first-order valence-corrected chi connectivity index (χ1v) is 6.37. The maximum absolute atomic E-state index is 12.0. The van der Waals surface area contributed by atoms with Crippen LogP contribution in [-0.2, 0) is 4.74 Å². The highest BCUT2D eigenvalue weighted by Gasteiger charge is 2.55. The molecule has 1 aliphatic heterocycles. The molecule has 2 aromatic heterocycles. The molecule has 0 bridgehead atoms. The van der Waals surface area contributed by atoms with E-state index < -0.39 is 36.3 Å². The number of anilines is 1. The van der Waals surface area contributed by atoms with E-state index >= 15 is 0 Å². The third kappa shape index (κ3) is 2.11. The Bertz CT molecular complexity index is 857. The van der Waals surface area contributed by atoms with Crippen LogP contribution in [0.15, 0.2) is 16.2 Å². The topological polar surface area (TPSA) is 208 Å². The van der Waals surface area contributed by atoms with Gasteiger partial charge in [-0.25, -0.2) is 4.98 Å². The summed E-state index contributed by atoms with van der Waals surface area (Å²) in [7, 11) is 0. The molecule has 0 aromatic carbocycles. The number of fused-ring (bicyclic) bond motifs is 1. The molecule has 3 heterocycles. The molecule has 4 atom stereocenters. The third-order valence-corrected chi connectivity index (χ3v) is 3.57. The highest BCUT2D eigenvalue weighted by molar-refractivity contribution is 5.70. The summed E-state index contributed by atoms with van der Waals surface area (Å²) in [6, 6.07) is 0. The van der Waals surface area contributed by atoms with Crippen LogP contribution in [0.25, 0.3) is 21.6 Å². The molecule has 13 nitrogen and oxygen atoms in total. The van der Waals surface area contributed by atoms with Gasteiger partial charge < -0.3 is 25.8 Å². The number of nitrogen functional groups attached to an aromatic ring is 1. The Hall–Kier alpha value is -2.70. The largest absolute Gasteiger partial charge is 0.393 e. The normalized spacial score (nSPS) is 30.5. The summed E-state index contributed by atoms with van der Waals surface area (Å²) in [5.74, 6) is -0.139. The molecule has 6 N–H and O–H groups in total. The summed E-state index contributed by atoms with van der Waals surface area (Å²) < 4.78 is 6.45. The molecule has 1 fully saturated rings. The highest BCUT2D eigenvalue weighted by atomic mass is 16.6. The molecular formula is C10H12N8O5. The van der Waals surface area contributed by atoms with Gasteiger partial charge in [-0.05, 0) is 5.53 Å². The van der Waals surface area contributed by atoms with E-state index in [2.05, 4.69) is 25.0 Å². The van der Waals surface area contributed by atoms with Gasteiger partial charge in [0.25, 0.3) is 5.56 Å². The molecule has 1 aliphatic rings. The monoisotopic (exact) mass is 324 g/mol. The van der Waals surface area contributed by atoms with Crippen LogP contribution < -0.4 is 11.3 Å². The number of ether oxygens (including phenoxy) is 1. The lowest BCUT2D eigenvalue weighted by Gasteiger charge is -2.23. The number of nitrogens with two attached hydrogens (primary N) is 1. The van der Waals surface area contributed by atoms with Gasteiger partial charge >= 0.3 is 0 Å². The molecule has 1 saturated heterocycles. The number of imidazole rings is 1. The fraction of sp³-hybridized carbons (Fsp3) is 0.500. The van der Waals surface area contributed by atoms with Gasteiger partial charge in [0.2, 0.25) is 11.7 Å². The summed E-state index contributed by atoms with van der Waals surface area (Å²) in [5, 5.41) is 32.8. The minimum Gasteiger partial charge on any atom is -0.393 e. The van der Waals surface area contributed by atoms with Crippen molar-refractivity contribution in [1.29, 1.82) is 0 Å². The van der Waals surface area contributed by atoms with Crippen molar-refractivity contribution >= 4 is 17.1 Å². The average Bonchev–Trinajstić information content (AvgIpc) is 3.03. The van der Waals surface area contributed by atoms with Crippen LogP contribution in [0.2, 0.25) is 0 Å². The number of nitrogens with one attached hydrogen (secondary N) is 1. The van der Waals surface area contributed by atoms with Crippen LogP contribution in [-0.4, -0.2) is 59.4 Å². The summed E-state index contributed by atoms with van der Waals surface area (Å²) >= 11 is 0. The van der Waals surface area contributed by atoms with Gasteiger partial charge in [0, 0.05) is 4.91 Å². The van der Waals surface area contributed by atoms with Gasteiger partial charge in [0.05, 0.1) is 6.61 Å². The molecule has 3 rings (SSSR count). The second-order valence-corrected chi connectivity index (χ2v) is 4.91. The molecule has 0 saturated carbocycles. The van der Waals surface area contributed by atoms with Crippen molar-refractivity contribution in [1.82, 2.24) is 19.5 Å². The van der Waals surface area contributed by atoms with Gasteiger partial charge in [-0.15, -0.1) is 0 Å². The van der Waals surface area contributed by atoms with E-state index in [0.717, 1.165) is 10.9 Å². The smallest absolute Gasteiger partial charge is 0.278 e. The van der Waals surface area contributed by atoms with Crippen molar-refractivity contribution in [3.63, 3.8) is 0 Å². The lowest BCUT2D eigenvalue weighted by atomic mass is 10.1. The molecule has 23 heavy (non-hydrogen) atoms. The summed E-state index contributed by atoms with van der Waals surface area (Å²) in [5.41, 5.74) is 11.2. The quantitative estimate of drug-likeness (QED) is 0.240. The molecular weight excluding hydrogens is 312 g/mol. The zero-order valence-electron chi connectivity index (χ0n) is 11.4. The Morgan fingerprint density at radius 1 is 1.61 bits per heavy atom.